The molecule has 0 bridgehead atoms. The summed E-state index contributed by atoms with van der Waals surface area (Å²) in [4.78, 5) is 37.1. The fraction of sp³-hybridized carbons (Fsp3) is 0.316. The Morgan fingerprint density at radius 3 is 2.43 bits per heavy atom. The molecule has 2 rings (SSSR count). The monoisotopic (exact) mass is 472 g/mol. The van der Waals surface area contributed by atoms with E-state index < -0.39 is 38.7 Å². The van der Waals surface area contributed by atoms with Gasteiger partial charge in [-0.1, -0.05) is 32.4 Å². The van der Waals surface area contributed by atoms with Gasteiger partial charge in [0, 0.05) is 10.3 Å². The molecule has 3 N–H and O–H groups in total. The summed E-state index contributed by atoms with van der Waals surface area (Å²) >= 11 is 6.96. The van der Waals surface area contributed by atoms with E-state index in [9.17, 15) is 22.8 Å². The van der Waals surface area contributed by atoms with Crippen molar-refractivity contribution in [1.29, 1.82) is 0 Å². The van der Waals surface area contributed by atoms with Crippen LogP contribution in [0.2, 0.25) is 5.02 Å². The summed E-state index contributed by atoms with van der Waals surface area (Å²) in [7, 11) is -4.12. The highest BCUT2D eigenvalue weighted by Gasteiger charge is 2.21. The van der Waals surface area contributed by atoms with Crippen LogP contribution in [-0.2, 0) is 26.1 Å². The van der Waals surface area contributed by atoms with Gasteiger partial charge < -0.3 is 10.1 Å². The molecule has 0 fully saturated rings. The fourth-order valence-corrected chi connectivity index (χ4v) is 4.13. The average molecular weight is 473 g/mol. The van der Waals surface area contributed by atoms with E-state index >= 15 is 0 Å². The smallest absolute Gasteiger partial charge is 0.338 e. The number of sulfonamides is 1. The van der Waals surface area contributed by atoms with Gasteiger partial charge in [-0.25, -0.2) is 18.4 Å². The Kier molecular flexibility index (Phi) is 7.40. The standard InChI is InChI=1S/C19H21ClN2O6S2/c1-19(2,3)18(25)22-9-12-5-7-15(29-12)14(23)10-28-17(24)11-4-6-13(20)16(8-11)30(21,26)27/h4-8H,9-10H2,1-3H3,(H,22,25)(H2,21,26,27). The van der Waals surface area contributed by atoms with Gasteiger partial charge in [0.05, 0.1) is 22.0 Å². The number of rotatable bonds is 7. The van der Waals surface area contributed by atoms with Crippen LogP contribution in [0.15, 0.2) is 35.2 Å². The van der Waals surface area contributed by atoms with Crippen molar-refractivity contribution in [3.05, 3.63) is 50.7 Å². The molecule has 0 saturated carbocycles. The van der Waals surface area contributed by atoms with Crippen molar-refractivity contribution in [2.75, 3.05) is 6.61 Å². The predicted octanol–water partition coefficient (Wildman–Crippen LogP) is 2.75. The van der Waals surface area contributed by atoms with E-state index in [2.05, 4.69) is 5.32 Å². The summed E-state index contributed by atoms with van der Waals surface area (Å²) in [5.41, 5.74) is -0.623. The minimum absolute atomic E-state index is 0.104. The molecule has 162 valence electrons. The van der Waals surface area contributed by atoms with Crippen molar-refractivity contribution in [2.45, 2.75) is 32.2 Å². The number of Topliss-reactive ketones (excluding diaryl/α,β-unsaturated/α-hetero) is 1. The molecule has 0 atom stereocenters. The number of benzene rings is 1. The zero-order chi connectivity index (χ0) is 22.7. The normalized spacial score (nSPS) is 11.8. The van der Waals surface area contributed by atoms with Crippen LogP contribution in [-0.4, -0.2) is 32.7 Å². The molecule has 0 spiro atoms. The number of esters is 1. The van der Waals surface area contributed by atoms with E-state index in [0.29, 0.717) is 4.88 Å². The Balaban J connectivity index is 1.97. The second-order valence-electron chi connectivity index (χ2n) is 7.39. The highest BCUT2D eigenvalue weighted by Crippen LogP contribution is 2.22. The molecule has 2 aromatic rings. The number of carbonyl (C=O) groups excluding carboxylic acids is 3. The van der Waals surface area contributed by atoms with Gasteiger partial charge in [-0.3, -0.25) is 9.59 Å². The summed E-state index contributed by atoms with van der Waals surface area (Å²) in [6, 6.07) is 6.76. The molecular formula is C19H21ClN2O6S2. The average Bonchev–Trinajstić information content (AvgIpc) is 3.11. The number of halogens is 1. The molecular weight excluding hydrogens is 452 g/mol. The molecule has 1 amide bonds. The first-order chi connectivity index (χ1) is 13.8. The SMILES string of the molecule is CC(C)(C)C(=O)NCc1ccc(C(=O)COC(=O)c2ccc(Cl)c(S(N)(=O)=O)c2)s1. The molecule has 1 aromatic heterocycles. The molecule has 0 saturated heterocycles. The van der Waals surface area contributed by atoms with Crippen molar-refractivity contribution in [3.63, 3.8) is 0 Å². The van der Waals surface area contributed by atoms with Crippen molar-refractivity contribution in [3.8, 4) is 0 Å². The third kappa shape index (κ3) is 6.36. The summed E-state index contributed by atoms with van der Waals surface area (Å²) < 4.78 is 28.0. The van der Waals surface area contributed by atoms with Crippen LogP contribution in [0, 0.1) is 5.41 Å². The highest BCUT2D eigenvalue weighted by molar-refractivity contribution is 7.89. The number of hydrogen-bond acceptors (Lipinski definition) is 7. The van der Waals surface area contributed by atoms with Crippen molar-refractivity contribution < 1.29 is 27.5 Å². The summed E-state index contributed by atoms with van der Waals surface area (Å²) in [5, 5.41) is 7.71. The minimum atomic E-state index is -4.12. The highest BCUT2D eigenvalue weighted by atomic mass is 35.5. The number of nitrogens with one attached hydrogen (secondary N) is 1. The van der Waals surface area contributed by atoms with Crippen LogP contribution in [0.3, 0.4) is 0 Å². The van der Waals surface area contributed by atoms with E-state index in [-0.39, 0.29) is 23.0 Å². The van der Waals surface area contributed by atoms with Gasteiger partial charge in [0.15, 0.2) is 6.61 Å². The van der Waals surface area contributed by atoms with Crippen molar-refractivity contribution in [2.24, 2.45) is 10.6 Å². The number of thiophene rings is 1. The zero-order valence-electron chi connectivity index (χ0n) is 16.5. The Bertz CT molecular complexity index is 1090. The number of nitrogens with two attached hydrogens (primary N) is 1. The van der Waals surface area contributed by atoms with E-state index in [0.717, 1.165) is 10.9 Å². The summed E-state index contributed by atoms with van der Waals surface area (Å²) in [6.45, 7) is 5.15. The van der Waals surface area contributed by atoms with E-state index in [4.69, 9.17) is 21.5 Å². The molecule has 0 unspecified atom stereocenters. The van der Waals surface area contributed by atoms with E-state index in [1.807, 2.05) is 0 Å². The minimum Gasteiger partial charge on any atom is -0.454 e. The van der Waals surface area contributed by atoms with Gasteiger partial charge in [0.1, 0.15) is 4.90 Å². The Morgan fingerprint density at radius 2 is 1.83 bits per heavy atom. The van der Waals surface area contributed by atoms with Crippen molar-refractivity contribution >= 4 is 50.6 Å². The van der Waals surface area contributed by atoms with Gasteiger partial charge in [-0.15, -0.1) is 11.3 Å². The zero-order valence-corrected chi connectivity index (χ0v) is 18.9. The van der Waals surface area contributed by atoms with Gasteiger partial charge in [0.2, 0.25) is 21.7 Å². The number of amides is 1. The van der Waals surface area contributed by atoms with Gasteiger partial charge in [-0.2, -0.15) is 0 Å². The molecule has 8 nitrogen and oxygen atoms in total. The van der Waals surface area contributed by atoms with Crippen LogP contribution in [0.1, 0.15) is 45.7 Å². The van der Waals surface area contributed by atoms with Crippen LogP contribution >= 0.6 is 22.9 Å². The van der Waals surface area contributed by atoms with Gasteiger partial charge in [0.25, 0.3) is 0 Å². The molecule has 0 radical (unpaired) electrons. The van der Waals surface area contributed by atoms with Gasteiger partial charge in [-0.05, 0) is 30.3 Å². The molecule has 0 aliphatic carbocycles. The van der Waals surface area contributed by atoms with Crippen LogP contribution in [0.25, 0.3) is 0 Å². The van der Waals surface area contributed by atoms with Crippen molar-refractivity contribution in [1.82, 2.24) is 5.32 Å². The maximum Gasteiger partial charge on any atom is 0.338 e. The lowest BCUT2D eigenvalue weighted by Gasteiger charge is -2.17. The first kappa shape index (κ1) is 24.0. The van der Waals surface area contributed by atoms with Crippen LogP contribution in [0.4, 0.5) is 0 Å². The Morgan fingerprint density at radius 1 is 1.17 bits per heavy atom. The lowest BCUT2D eigenvalue weighted by molar-refractivity contribution is -0.128. The molecule has 30 heavy (non-hydrogen) atoms. The Labute approximate surface area is 183 Å². The molecule has 11 heteroatoms. The second-order valence-corrected chi connectivity index (χ2v) is 10.5. The lowest BCUT2D eigenvalue weighted by atomic mass is 9.96. The van der Waals surface area contributed by atoms with E-state index in [1.165, 1.54) is 23.5 Å². The summed E-state index contributed by atoms with van der Waals surface area (Å²) in [5.74, 6) is -1.43. The Hall–Kier alpha value is -2.27. The third-order valence-corrected chi connectivity index (χ3v) is 6.37. The summed E-state index contributed by atoms with van der Waals surface area (Å²) in [6.07, 6.45) is 0. The van der Waals surface area contributed by atoms with Gasteiger partial charge >= 0.3 is 5.97 Å². The number of primary sulfonamides is 1. The number of hydrogen-bond donors (Lipinski definition) is 2. The van der Waals surface area contributed by atoms with E-state index in [1.54, 1.807) is 32.9 Å². The first-order valence-corrected chi connectivity index (χ1v) is 11.4. The fourth-order valence-electron chi connectivity index (χ4n) is 2.19. The molecule has 0 aliphatic rings. The predicted molar refractivity (Wildman–Crippen MR) is 113 cm³/mol. The largest absolute Gasteiger partial charge is 0.454 e. The molecule has 1 aromatic carbocycles. The van der Waals surface area contributed by atoms with Crippen LogP contribution in [0.5, 0.6) is 0 Å². The van der Waals surface area contributed by atoms with Crippen LogP contribution < -0.4 is 10.5 Å². The maximum absolute atomic E-state index is 12.3. The first-order valence-electron chi connectivity index (χ1n) is 8.68. The lowest BCUT2D eigenvalue weighted by Crippen LogP contribution is -2.34. The second kappa shape index (κ2) is 9.25. The number of ether oxygens (including phenoxy) is 1. The molecule has 0 aliphatic heterocycles. The topological polar surface area (TPSA) is 133 Å². The maximum atomic E-state index is 12.3. The quantitative estimate of drug-likeness (QED) is 0.470. The third-order valence-electron chi connectivity index (χ3n) is 3.85. The molecule has 1 heterocycles. The number of carbonyl (C=O) groups is 3. The number of ketones is 1.